The smallest absolute Gasteiger partial charge is 0.230 e. The number of pyridine rings is 1. The zero-order valence-electron chi connectivity index (χ0n) is 7.16. The Morgan fingerprint density at radius 2 is 2.38 bits per heavy atom. The molecule has 0 bridgehead atoms. The molecule has 0 atom stereocenters. The van der Waals surface area contributed by atoms with Gasteiger partial charge < -0.3 is 10.2 Å². The van der Waals surface area contributed by atoms with Crippen LogP contribution in [0.15, 0.2) is 16.7 Å². The molecule has 2 aromatic heterocycles. The highest BCUT2D eigenvalue weighted by Crippen LogP contribution is 2.28. The Morgan fingerprint density at radius 1 is 1.62 bits per heavy atom. The van der Waals surface area contributed by atoms with Crippen LogP contribution in [0.25, 0.3) is 11.1 Å². The molecule has 0 aromatic carbocycles. The van der Waals surface area contributed by atoms with Crippen LogP contribution < -0.4 is 5.73 Å². The Hall–Kier alpha value is -1.95. The van der Waals surface area contributed by atoms with E-state index in [4.69, 9.17) is 16.6 Å². The van der Waals surface area contributed by atoms with Crippen molar-refractivity contribution in [2.24, 2.45) is 0 Å². The summed E-state index contributed by atoms with van der Waals surface area (Å²) in [6.07, 6.45) is 6.88. The van der Waals surface area contributed by atoms with Gasteiger partial charge in [0.15, 0.2) is 0 Å². The number of nitrogen functional groups attached to an aromatic ring is 1. The van der Waals surface area contributed by atoms with Gasteiger partial charge in [0.05, 0.1) is 11.1 Å². The highest BCUT2D eigenvalue weighted by atomic mass is 16.3. The van der Waals surface area contributed by atoms with E-state index in [2.05, 4.69) is 10.9 Å². The summed E-state index contributed by atoms with van der Waals surface area (Å²) < 4.78 is 5.26. The SMILES string of the molecule is C#Cc1oc2nccc(C)c2c1N. The summed E-state index contributed by atoms with van der Waals surface area (Å²) in [5, 5.41) is 0.815. The molecule has 3 heteroatoms. The molecule has 0 unspecified atom stereocenters. The van der Waals surface area contributed by atoms with Gasteiger partial charge in [-0.1, -0.05) is 0 Å². The fraction of sp³-hybridized carbons (Fsp3) is 0.100. The average molecular weight is 172 g/mol. The van der Waals surface area contributed by atoms with Gasteiger partial charge in [-0.05, 0) is 24.5 Å². The number of aryl methyl sites for hydroxylation is 1. The number of fused-ring (bicyclic) bond motifs is 1. The molecule has 2 N–H and O–H groups in total. The van der Waals surface area contributed by atoms with Crippen LogP contribution in [0.3, 0.4) is 0 Å². The van der Waals surface area contributed by atoms with E-state index in [0.29, 0.717) is 17.2 Å². The summed E-state index contributed by atoms with van der Waals surface area (Å²) in [4.78, 5) is 4.03. The summed E-state index contributed by atoms with van der Waals surface area (Å²) in [7, 11) is 0. The van der Waals surface area contributed by atoms with Crippen LogP contribution in [-0.4, -0.2) is 4.98 Å². The van der Waals surface area contributed by atoms with Crippen molar-refractivity contribution in [3.63, 3.8) is 0 Å². The van der Waals surface area contributed by atoms with Crippen molar-refractivity contribution in [2.75, 3.05) is 5.73 Å². The Morgan fingerprint density at radius 3 is 3.00 bits per heavy atom. The second-order valence-corrected chi connectivity index (χ2v) is 2.80. The first-order valence-corrected chi connectivity index (χ1v) is 3.84. The van der Waals surface area contributed by atoms with Gasteiger partial charge in [-0.25, -0.2) is 4.98 Å². The van der Waals surface area contributed by atoms with Gasteiger partial charge in [0, 0.05) is 6.20 Å². The van der Waals surface area contributed by atoms with E-state index >= 15 is 0 Å². The fourth-order valence-electron chi connectivity index (χ4n) is 1.31. The van der Waals surface area contributed by atoms with Crippen molar-refractivity contribution >= 4 is 16.8 Å². The second kappa shape index (κ2) is 2.53. The zero-order valence-corrected chi connectivity index (χ0v) is 7.16. The van der Waals surface area contributed by atoms with Gasteiger partial charge in [0.25, 0.3) is 0 Å². The summed E-state index contributed by atoms with van der Waals surface area (Å²) >= 11 is 0. The number of rotatable bonds is 0. The number of anilines is 1. The maximum atomic E-state index is 5.77. The molecule has 0 aliphatic heterocycles. The van der Waals surface area contributed by atoms with Gasteiger partial charge in [-0.2, -0.15) is 0 Å². The lowest BCUT2D eigenvalue weighted by Gasteiger charge is -1.92. The summed E-state index contributed by atoms with van der Waals surface area (Å²) in [6.45, 7) is 1.94. The first kappa shape index (κ1) is 7.69. The van der Waals surface area contributed by atoms with Crippen LogP contribution in [0.1, 0.15) is 11.3 Å². The molecule has 13 heavy (non-hydrogen) atoms. The standard InChI is InChI=1S/C10H8N2O/c1-3-7-9(11)8-6(2)4-5-12-10(8)13-7/h1,4-5H,11H2,2H3. The molecular formula is C10H8N2O. The Bertz CT molecular complexity index is 505. The minimum atomic E-state index is 0.358. The predicted molar refractivity (Wildman–Crippen MR) is 51.1 cm³/mol. The Kier molecular flexibility index (Phi) is 1.49. The molecular weight excluding hydrogens is 164 g/mol. The quantitative estimate of drug-likeness (QED) is 0.615. The van der Waals surface area contributed by atoms with Crippen LogP contribution in [0.4, 0.5) is 5.69 Å². The number of terminal acetylenes is 1. The summed E-state index contributed by atoms with van der Waals surface area (Å²) in [6, 6.07) is 1.87. The van der Waals surface area contributed by atoms with E-state index in [1.54, 1.807) is 6.20 Å². The van der Waals surface area contributed by atoms with Gasteiger partial charge in [0.2, 0.25) is 11.5 Å². The maximum absolute atomic E-state index is 5.77. The van der Waals surface area contributed by atoms with Crippen LogP contribution in [0.2, 0.25) is 0 Å². The van der Waals surface area contributed by atoms with Gasteiger partial charge >= 0.3 is 0 Å². The Labute approximate surface area is 75.6 Å². The van der Waals surface area contributed by atoms with Crippen LogP contribution in [0, 0.1) is 19.3 Å². The monoisotopic (exact) mass is 172 g/mol. The van der Waals surface area contributed by atoms with Crippen molar-refractivity contribution in [3.05, 3.63) is 23.6 Å². The van der Waals surface area contributed by atoms with Crippen molar-refractivity contribution < 1.29 is 4.42 Å². The molecule has 64 valence electrons. The third-order valence-electron chi connectivity index (χ3n) is 1.97. The maximum Gasteiger partial charge on any atom is 0.230 e. The van der Waals surface area contributed by atoms with Gasteiger partial charge in [-0.3, -0.25) is 0 Å². The molecule has 2 rings (SSSR count). The zero-order chi connectivity index (χ0) is 9.42. The largest absolute Gasteiger partial charge is 0.427 e. The Balaban J connectivity index is 2.95. The first-order valence-electron chi connectivity index (χ1n) is 3.84. The van der Waals surface area contributed by atoms with Crippen LogP contribution >= 0.6 is 0 Å². The van der Waals surface area contributed by atoms with E-state index in [0.717, 1.165) is 10.9 Å². The normalized spacial score (nSPS) is 10.2. The van der Waals surface area contributed by atoms with E-state index in [9.17, 15) is 0 Å². The molecule has 0 saturated heterocycles. The molecule has 0 aliphatic carbocycles. The highest BCUT2D eigenvalue weighted by Gasteiger charge is 2.11. The minimum absolute atomic E-state index is 0.358. The van der Waals surface area contributed by atoms with E-state index in [1.165, 1.54) is 0 Å². The van der Waals surface area contributed by atoms with Crippen LogP contribution in [-0.2, 0) is 0 Å². The van der Waals surface area contributed by atoms with E-state index in [-0.39, 0.29) is 0 Å². The molecule has 0 fully saturated rings. The van der Waals surface area contributed by atoms with E-state index in [1.807, 2.05) is 13.0 Å². The minimum Gasteiger partial charge on any atom is -0.427 e. The predicted octanol–water partition coefficient (Wildman–Crippen LogP) is 1.70. The first-order chi connectivity index (χ1) is 6.24. The number of nitrogens with two attached hydrogens (primary N) is 1. The lowest BCUT2D eigenvalue weighted by molar-refractivity contribution is 0.591. The number of hydrogen-bond donors (Lipinski definition) is 1. The molecule has 0 spiro atoms. The molecule has 2 heterocycles. The number of nitrogens with zero attached hydrogens (tertiary/aromatic N) is 1. The number of hydrogen-bond acceptors (Lipinski definition) is 3. The van der Waals surface area contributed by atoms with Crippen molar-refractivity contribution in [2.45, 2.75) is 6.92 Å². The van der Waals surface area contributed by atoms with E-state index < -0.39 is 0 Å². The molecule has 0 aliphatic rings. The third kappa shape index (κ3) is 0.960. The molecule has 0 saturated carbocycles. The molecule has 3 nitrogen and oxygen atoms in total. The second-order valence-electron chi connectivity index (χ2n) is 2.80. The lowest BCUT2D eigenvalue weighted by Crippen LogP contribution is -1.86. The van der Waals surface area contributed by atoms with Crippen molar-refractivity contribution in [1.82, 2.24) is 4.98 Å². The lowest BCUT2D eigenvalue weighted by atomic mass is 10.2. The van der Waals surface area contributed by atoms with Gasteiger partial charge in [-0.15, -0.1) is 6.42 Å². The highest BCUT2D eigenvalue weighted by molar-refractivity contribution is 5.92. The average Bonchev–Trinajstić information content (AvgIpc) is 2.44. The van der Waals surface area contributed by atoms with Crippen molar-refractivity contribution in [3.8, 4) is 12.3 Å². The van der Waals surface area contributed by atoms with Gasteiger partial charge in [0.1, 0.15) is 0 Å². The number of aromatic nitrogens is 1. The topological polar surface area (TPSA) is 52.0 Å². The summed E-state index contributed by atoms with van der Waals surface area (Å²) in [5.41, 5.74) is 7.80. The van der Waals surface area contributed by atoms with Crippen LogP contribution in [0.5, 0.6) is 0 Å². The number of furan rings is 1. The van der Waals surface area contributed by atoms with Crippen molar-refractivity contribution in [1.29, 1.82) is 0 Å². The summed E-state index contributed by atoms with van der Waals surface area (Å²) in [5.74, 6) is 2.74. The molecule has 0 amide bonds. The molecule has 2 aromatic rings. The molecule has 0 radical (unpaired) electrons. The third-order valence-corrected chi connectivity index (χ3v) is 1.97. The fourth-order valence-corrected chi connectivity index (χ4v) is 1.31.